The van der Waals surface area contributed by atoms with E-state index in [0.717, 1.165) is 26.1 Å². The highest BCUT2D eigenvalue weighted by atomic mass is 19.1. The molecule has 0 saturated carbocycles. The largest absolute Gasteiger partial charge is 0.383 e. The van der Waals surface area contributed by atoms with Crippen molar-refractivity contribution in [2.45, 2.75) is 25.3 Å². The molecule has 1 aliphatic heterocycles. The molecule has 0 spiro atoms. The molecule has 1 saturated heterocycles. The zero-order valence-corrected chi connectivity index (χ0v) is 12.9. The van der Waals surface area contributed by atoms with Crippen LogP contribution in [0.5, 0.6) is 0 Å². The van der Waals surface area contributed by atoms with Crippen molar-refractivity contribution in [3.8, 4) is 0 Å². The molecule has 0 aliphatic carbocycles. The Hall–Kier alpha value is -1.46. The van der Waals surface area contributed by atoms with Crippen molar-refractivity contribution < 1.29 is 13.9 Å². The second kappa shape index (κ2) is 6.54. The van der Waals surface area contributed by atoms with Crippen molar-refractivity contribution >= 4 is 11.5 Å². The molecule has 0 bridgehead atoms. The molecule has 1 fully saturated rings. The summed E-state index contributed by atoms with van der Waals surface area (Å²) in [5, 5.41) is 3.27. The minimum atomic E-state index is -0.474. The molecule has 0 amide bonds. The van der Waals surface area contributed by atoms with Crippen LogP contribution in [0.15, 0.2) is 18.2 Å². The molecule has 0 unspecified atom stereocenters. The van der Waals surface area contributed by atoms with Crippen molar-refractivity contribution in [1.82, 2.24) is 4.90 Å². The molecule has 0 aromatic heterocycles. The van der Waals surface area contributed by atoms with Gasteiger partial charge < -0.3 is 15.0 Å². The summed E-state index contributed by atoms with van der Waals surface area (Å²) in [6.07, 6.45) is 1.83. The van der Waals surface area contributed by atoms with Crippen molar-refractivity contribution in [3.05, 3.63) is 29.6 Å². The highest BCUT2D eigenvalue weighted by Crippen LogP contribution is 2.28. The molecule has 1 aliphatic rings. The number of nitrogens with zero attached hydrogens (tertiary/aromatic N) is 1. The number of benzene rings is 1. The van der Waals surface area contributed by atoms with Gasteiger partial charge in [-0.25, -0.2) is 4.39 Å². The Morgan fingerprint density at radius 2 is 2.05 bits per heavy atom. The minimum absolute atomic E-state index is 0.0291. The number of hydrogen-bond donors (Lipinski definition) is 1. The van der Waals surface area contributed by atoms with Gasteiger partial charge in [-0.05, 0) is 46.0 Å². The average molecular weight is 294 g/mol. The van der Waals surface area contributed by atoms with E-state index < -0.39 is 5.82 Å². The lowest BCUT2D eigenvalue weighted by Crippen LogP contribution is -2.53. The first kappa shape index (κ1) is 15.9. The molecule has 4 nitrogen and oxygen atoms in total. The lowest BCUT2D eigenvalue weighted by Gasteiger charge is -2.43. The van der Waals surface area contributed by atoms with E-state index in [2.05, 4.69) is 10.2 Å². The Morgan fingerprint density at radius 3 is 2.62 bits per heavy atom. The van der Waals surface area contributed by atoms with Crippen LogP contribution in [0.3, 0.4) is 0 Å². The van der Waals surface area contributed by atoms with Gasteiger partial charge in [0.1, 0.15) is 5.82 Å². The quantitative estimate of drug-likeness (QED) is 0.847. The first-order valence-electron chi connectivity index (χ1n) is 7.25. The maximum atomic E-state index is 13.8. The van der Waals surface area contributed by atoms with E-state index in [0.29, 0.717) is 12.2 Å². The van der Waals surface area contributed by atoms with Crippen LogP contribution in [0.1, 0.15) is 30.1 Å². The molecule has 1 aromatic rings. The van der Waals surface area contributed by atoms with Gasteiger partial charge in [-0.2, -0.15) is 0 Å². The summed E-state index contributed by atoms with van der Waals surface area (Å²) in [5.41, 5.74) is 0.673. The zero-order chi connectivity index (χ0) is 15.5. The smallest absolute Gasteiger partial charge is 0.164 e. The van der Waals surface area contributed by atoms with E-state index in [1.807, 2.05) is 14.1 Å². The molecule has 0 radical (unpaired) electrons. The van der Waals surface area contributed by atoms with E-state index in [9.17, 15) is 9.18 Å². The topological polar surface area (TPSA) is 41.6 Å². The molecule has 5 heteroatoms. The molecular formula is C16H23FN2O2. The molecule has 1 N–H and O–H groups in total. The Kier molecular flexibility index (Phi) is 4.96. The van der Waals surface area contributed by atoms with Gasteiger partial charge in [0.15, 0.2) is 5.78 Å². The minimum Gasteiger partial charge on any atom is -0.383 e. The summed E-state index contributed by atoms with van der Waals surface area (Å²) in [4.78, 5) is 13.8. The lowest BCUT2D eigenvalue weighted by molar-refractivity contribution is -0.000641. The number of anilines is 1. The van der Waals surface area contributed by atoms with Gasteiger partial charge in [0.2, 0.25) is 0 Å². The van der Waals surface area contributed by atoms with Crippen LogP contribution in [0, 0.1) is 5.82 Å². The number of ketones is 1. The maximum absolute atomic E-state index is 13.8. The fraction of sp³-hybridized carbons (Fsp3) is 0.562. The van der Waals surface area contributed by atoms with Gasteiger partial charge in [0.25, 0.3) is 0 Å². The highest BCUT2D eigenvalue weighted by molar-refractivity contribution is 5.99. The van der Waals surface area contributed by atoms with Crippen LogP contribution < -0.4 is 5.32 Å². The number of carbonyl (C=O) groups is 1. The fourth-order valence-corrected chi connectivity index (χ4v) is 2.82. The van der Waals surface area contributed by atoms with Crippen molar-refractivity contribution in [1.29, 1.82) is 0 Å². The van der Waals surface area contributed by atoms with Crippen LogP contribution in [-0.4, -0.2) is 50.1 Å². The molecule has 116 valence electrons. The molecule has 21 heavy (non-hydrogen) atoms. The number of likely N-dealkylation sites (N-methyl/N-ethyl adjacent to an activating group) is 1. The van der Waals surface area contributed by atoms with Crippen LogP contribution >= 0.6 is 0 Å². The van der Waals surface area contributed by atoms with Crippen LogP contribution in [0.25, 0.3) is 0 Å². The summed E-state index contributed by atoms with van der Waals surface area (Å²) in [7, 11) is 4.09. The molecule has 0 atom stereocenters. The van der Waals surface area contributed by atoms with E-state index >= 15 is 0 Å². The Bertz CT molecular complexity index is 511. The third-order valence-electron chi connectivity index (χ3n) is 4.35. The van der Waals surface area contributed by atoms with Gasteiger partial charge >= 0.3 is 0 Å². The fourth-order valence-electron chi connectivity index (χ4n) is 2.82. The number of ether oxygens (including phenoxy) is 1. The predicted octanol–water partition coefficient (Wildman–Crippen LogP) is 2.55. The van der Waals surface area contributed by atoms with Gasteiger partial charge in [-0.15, -0.1) is 0 Å². The highest BCUT2D eigenvalue weighted by Gasteiger charge is 2.34. The number of halogens is 1. The second-order valence-electron chi connectivity index (χ2n) is 5.80. The summed E-state index contributed by atoms with van der Waals surface area (Å²) < 4.78 is 19.3. The van der Waals surface area contributed by atoms with Crippen LogP contribution in [0.4, 0.5) is 10.1 Å². The Balaban J connectivity index is 2.18. The lowest BCUT2D eigenvalue weighted by atomic mass is 9.88. The van der Waals surface area contributed by atoms with Gasteiger partial charge in [0, 0.05) is 31.0 Å². The predicted molar refractivity (Wildman–Crippen MR) is 81.4 cm³/mol. The summed E-state index contributed by atoms with van der Waals surface area (Å²) in [6, 6.07) is 4.69. The van der Waals surface area contributed by atoms with Gasteiger partial charge in [-0.1, -0.05) is 6.07 Å². The standard InChI is InChI=1S/C16H23FN2O2/c1-12(20)15-13(17)5-4-6-14(15)18-11-16(19(2)3)7-9-21-10-8-16/h4-6,18H,7-11H2,1-3H3. The second-order valence-corrected chi connectivity index (χ2v) is 5.80. The van der Waals surface area contributed by atoms with Crippen molar-refractivity contribution in [2.75, 3.05) is 39.2 Å². The van der Waals surface area contributed by atoms with E-state index in [1.165, 1.54) is 13.0 Å². The zero-order valence-electron chi connectivity index (χ0n) is 12.9. The molecule has 1 aromatic carbocycles. The SMILES string of the molecule is CC(=O)c1c(F)cccc1NCC1(N(C)C)CCOCC1. The maximum Gasteiger partial charge on any atom is 0.164 e. The Morgan fingerprint density at radius 1 is 1.38 bits per heavy atom. The molecular weight excluding hydrogens is 271 g/mol. The first-order valence-corrected chi connectivity index (χ1v) is 7.25. The van der Waals surface area contributed by atoms with Crippen LogP contribution in [0.2, 0.25) is 0 Å². The van der Waals surface area contributed by atoms with Crippen molar-refractivity contribution in [2.24, 2.45) is 0 Å². The van der Waals surface area contributed by atoms with E-state index in [4.69, 9.17) is 4.74 Å². The number of nitrogens with one attached hydrogen (secondary N) is 1. The Labute approximate surface area is 125 Å². The number of hydrogen-bond acceptors (Lipinski definition) is 4. The van der Waals surface area contributed by atoms with Crippen molar-refractivity contribution in [3.63, 3.8) is 0 Å². The third-order valence-corrected chi connectivity index (χ3v) is 4.35. The first-order chi connectivity index (χ1) is 9.96. The summed E-state index contributed by atoms with van der Waals surface area (Å²) in [5.74, 6) is -0.736. The van der Waals surface area contributed by atoms with Crippen LogP contribution in [-0.2, 0) is 4.74 Å². The van der Waals surface area contributed by atoms with Gasteiger partial charge in [-0.3, -0.25) is 4.79 Å². The van der Waals surface area contributed by atoms with E-state index in [1.54, 1.807) is 12.1 Å². The monoisotopic (exact) mass is 294 g/mol. The molecule has 1 heterocycles. The number of Topliss-reactive ketones (excluding diaryl/α,β-unsaturated/α-hetero) is 1. The summed E-state index contributed by atoms with van der Waals surface area (Å²) in [6.45, 7) is 3.50. The number of carbonyl (C=O) groups excluding carboxylic acids is 1. The summed E-state index contributed by atoms with van der Waals surface area (Å²) >= 11 is 0. The van der Waals surface area contributed by atoms with Gasteiger partial charge in [0.05, 0.1) is 5.56 Å². The normalized spacial score (nSPS) is 17.8. The third kappa shape index (κ3) is 3.41. The molecule has 2 rings (SSSR count). The van der Waals surface area contributed by atoms with E-state index in [-0.39, 0.29) is 16.9 Å². The average Bonchev–Trinajstić information content (AvgIpc) is 2.45. The number of rotatable bonds is 5.